The van der Waals surface area contributed by atoms with Gasteiger partial charge in [-0.2, -0.15) is 0 Å². The van der Waals surface area contributed by atoms with Crippen LogP contribution < -0.4 is 4.74 Å². The summed E-state index contributed by atoms with van der Waals surface area (Å²) in [4.78, 5) is 4.99. The second-order valence-electron chi connectivity index (χ2n) is 6.35. The minimum absolute atomic E-state index is 0.934. The molecule has 0 amide bonds. The van der Waals surface area contributed by atoms with Crippen LogP contribution in [0.5, 0.6) is 5.75 Å². The van der Waals surface area contributed by atoms with Crippen molar-refractivity contribution in [1.29, 1.82) is 0 Å². The molecule has 2 nitrogen and oxygen atoms in total. The Morgan fingerprint density at radius 2 is 1.78 bits per heavy atom. The number of aliphatic imine (C=N–C) groups is 1. The van der Waals surface area contributed by atoms with E-state index >= 15 is 0 Å². The molecule has 0 aromatic heterocycles. The van der Waals surface area contributed by atoms with E-state index in [1.807, 2.05) is 6.07 Å². The van der Waals surface area contributed by atoms with Gasteiger partial charge in [-0.1, -0.05) is 6.92 Å². The summed E-state index contributed by atoms with van der Waals surface area (Å²) in [5.74, 6) is 0.934. The summed E-state index contributed by atoms with van der Waals surface area (Å²) in [6.45, 7) is 6.59. The number of fused-ring (bicyclic) bond motifs is 1. The molecule has 0 aliphatic heterocycles. The molecule has 0 fully saturated rings. The molecule has 0 heterocycles. The lowest BCUT2D eigenvalue weighted by molar-refractivity contribution is 0.414. The van der Waals surface area contributed by atoms with Gasteiger partial charge in [-0.25, -0.2) is 0 Å². The van der Waals surface area contributed by atoms with Crippen molar-refractivity contribution in [3.05, 3.63) is 58.1 Å². The Bertz CT molecular complexity index is 735. The van der Waals surface area contributed by atoms with Crippen molar-refractivity contribution in [2.75, 3.05) is 7.11 Å². The highest BCUT2D eigenvalue weighted by molar-refractivity contribution is 6.04. The lowest BCUT2D eigenvalue weighted by Crippen LogP contribution is -2.11. The molecule has 0 saturated carbocycles. The summed E-state index contributed by atoms with van der Waals surface area (Å²) in [7, 11) is 1.72. The molecule has 2 aromatic carbocycles. The Balaban J connectivity index is 2.02. The van der Waals surface area contributed by atoms with Crippen molar-refractivity contribution in [1.82, 2.24) is 0 Å². The molecule has 2 heteroatoms. The van der Waals surface area contributed by atoms with Crippen LogP contribution in [-0.4, -0.2) is 12.8 Å². The number of hydrogen-bond acceptors (Lipinski definition) is 2. The van der Waals surface area contributed by atoms with Crippen molar-refractivity contribution >= 4 is 11.4 Å². The zero-order valence-corrected chi connectivity index (χ0v) is 14.6. The summed E-state index contributed by atoms with van der Waals surface area (Å²) >= 11 is 0. The minimum atomic E-state index is 0.934. The summed E-state index contributed by atoms with van der Waals surface area (Å²) in [5, 5.41) is 0. The molecule has 120 valence electrons. The molecule has 2 aromatic rings. The predicted octanol–water partition coefficient (Wildman–Crippen LogP) is 5.33. The second kappa shape index (κ2) is 6.57. The monoisotopic (exact) mass is 307 g/mol. The van der Waals surface area contributed by atoms with Crippen LogP contribution >= 0.6 is 0 Å². The largest absolute Gasteiger partial charge is 0.497 e. The predicted molar refractivity (Wildman–Crippen MR) is 97.4 cm³/mol. The first kappa shape index (κ1) is 15.8. The first-order valence-electron chi connectivity index (χ1n) is 8.47. The molecule has 1 aliphatic rings. The highest BCUT2D eigenvalue weighted by Gasteiger charge is 2.16. The Morgan fingerprint density at radius 1 is 1.04 bits per heavy atom. The van der Waals surface area contributed by atoms with Crippen LogP contribution in [0, 0.1) is 13.8 Å². The van der Waals surface area contributed by atoms with Gasteiger partial charge in [0.15, 0.2) is 0 Å². The van der Waals surface area contributed by atoms with Crippen molar-refractivity contribution < 1.29 is 4.74 Å². The quantitative estimate of drug-likeness (QED) is 0.751. The van der Waals surface area contributed by atoms with Crippen molar-refractivity contribution in [3.63, 3.8) is 0 Å². The van der Waals surface area contributed by atoms with Gasteiger partial charge < -0.3 is 4.74 Å². The lowest BCUT2D eigenvalue weighted by atomic mass is 9.89. The Hall–Kier alpha value is -2.09. The van der Waals surface area contributed by atoms with Crippen LogP contribution in [0.2, 0.25) is 0 Å². The number of hydrogen-bond donors (Lipinski definition) is 0. The third-order valence-electron chi connectivity index (χ3n) is 4.78. The third-order valence-corrected chi connectivity index (χ3v) is 4.78. The fourth-order valence-corrected chi connectivity index (χ4v) is 3.63. The molecular weight excluding hydrogens is 282 g/mol. The molecule has 3 rings (SSSR count). The fraction of sp³-hybridized carbons (Fsp3) is 0.381. The molecule has 0 bridgehead atoms. The summed E-state index contributed by atoms with van der Waals surface area (Å²) in [6.07, 6.45) is 4.40. The summed E-state index contributed by atoms with van der Waals surface area (Å²) < 4.78 is 5.35. The highest BCUT2D eigenvalue weighted by atomic mass is 16.5. The van der Waals surface area contributed by atoms with E-state index in [1.165, 1.54) is 33.5 Å². The molecular formula is C21H25NO. The van der Waals surface area contributed by atoms with Gasteiger partial charge >= 0.3 is 0 Å². The van der Waals surface area contributed by atoms with E-state index in [9.17, 15) is 0 Å². The third kappa shape index (κ3) is 3.17. The van der Waals surface area contributed by atoms with Gasteiger partial charge in [-0.05, 0) is 97.7 Å². The minimum Gasteiger partial charge on any atom is -0.497 e. The number of benzene rings is 2. The van der Waals surface area contributed by atoms with E-state index in [2.05, 4.69) is 45.0 Å². The molecule has 0 unspecified atom stereocenters. The van der Waals surface area contributed by atoms with Crippen molar-refractivity contribution in [2.24, 2.45) is 4.99 Å². The first-order chi connectivity index (χ1) is 11.1. The van der Waals surface area contributed by atoms with Crippen LogP contribution in [0.15, 0.2) is 35.3 Å². The normalized spacial score (nSPS) is 15.6. The van der Waals surface area contributed by atoms with E-state index in [-0.39, 0.29) is 0 Å². The van der Waals surface area contributed by atoms with E-state index in [1.54, 1.807) is 7.11 Å². The van der Waals surface area contributed by atoms with E-state index in [0.29, 0.717) is 0 Å². The van der Waals surface area contributed by atoms with Gasteiger partial charge in [0.25, 0.3) is 0 Å². The molecule has 23 heavy (non-hydrogen) atoms. The van der Waals surface area contributed by atoms with Crippen molar-refractivity contribution in [2.45, 2.75) is 46.5 Å². The Morgan fingerprint density at radius 3 is 2.43 bits per heavy atom. The van der Waals surface area contributed by atoms with E-state index < -0.39 is 0 Å². The summed E-state index contributed by atoms with van der Waals surface area (Å²) in [5.41, 5.74) is 9.06. The first-order valence-corrected chi connectivity index (χ1v) is 8.47. The zero-order chi connectivity index (χ0) is 16.4. The maximum Gasteiger partial charge on any atom is 0.119 e. The van der Waals surface area contributed by atoms with Crippen LogP contribution in [0.1, 0.15) is 47.6 Å². The van der Waals surface area contributed by atoms with Gasteiger partial charge in [0.1, 0.15) is 5.75 Å². The molecule has 0 atom stereocenters. The van der Waals surface area contributed by atoms with Crippen molar-refractivity contribution in [3.8, 4) is 5.75 Å². The van der Waals surface area contributed by atoms with Gasteiger partial charge in [0.2, 0.25) is 0 Å². The average Bonchev–Trinajstić information content (AvgIpc) is 2.54. The summed E-state index contributed by atoms with van der Waals surface area (Å²) in [6, 6.07) is 10.8. The van der Waals surface area contributed by atoms with Gasteiger partial charge in [0.05, 0.1) is 12.8 Å². The molecule has 0 saturated heterocycles. The van der Waals surface area contributed by atoms with Crippen LogP contribution in [0.25, 0.3) is 0 Å². The molecule has 0 radical (unpaired) electrons. The Labute approximate surface area is 139 Å². The van der Waals surface area contributed by atoms with Gasteiger partial charge in [-0.15, -0.1) is 0 Å². The molecule has 0 N–H and O–H groups in total. The van der Waals surface area contributed by atoms with Gasteiger partial charge in [0, 0.05) is 5.71 Å². The number of ether oxygens (including phenoxy) is 1. The van der Waals surface area contributed by atoms with E-state index in [4.69, 9.17) is 9.73 Å². The van der Waals surface area contributed by atoms with Crippen LogP contribution in [-0.2, 0) is 12.8 Å². The highest BCUT2D eigenvalue weighted by Crippen LogP contribution is 2.29. The Kier molecular flexibility index (Phi) is 4.51. The topological polar surface area (TPSA) is 21.6 Å². The SMILES string of the molecule is CCc1c(C)cc(/N=C2\CCCc3cc(OC)ccc32)cc1C. The van der Waals surface area contributed by atoms with Gasteiger partial charge in [-0.3, -0.25) is 4.99 Å². The number of nitrogens with zero attached hydrogens (tertiary/aromatic N) is 1. The van der Waals surface area contributed by atoms with Crippen LogP contribution in [0.3, 0.4) is 0 Å². The fourth-order valence-electron chi connectivity index (χ4n) is 3.63. The maximum atomic E-state index is 5.35. The lowest BCUT2D eigenvalue weighted by Gasteiger charge is -2.19. The second-order valence-corrected chi connectivity index (χ2v) is 6.35. The maximum absolute atomic E-state index is 5.35. The van der Waals surface area contributed by atoms with Crippen LogP contribution in [0.4, 0.5) is 5.69 Å². The standard InChI is InChI=1S/C21H25NO/c1-5-19-14(2)11-17(12-15(19)3)22-21-8-6-7-16-13-18(23-4)9-10-20(16)21/h9-13H,5-8H2,1-4H3/b22-21+. The average molecular weight is 307 g/mol. The van der Waals surface area contributed by atoms with E-state index in [0.717, 1.165) is 37.1 Å². The molecule has 1 aliphatic carbocycles. The molecule has 0 spiro atoms. The number of methoxy groups -OCH3 is 1. The number of rotatable bonds is 3. The number of aryl methyl sites for hydroxylation is 3. The smallest absolute Gasteiger partial charge is 0.119 e. The zero-order valence-electron chi connectivity index (χ0n) is 14.6.